The van der Waals surface area contributed by atoms with Crippen molar-refractivity contribution in [3.05, 3.63) is 277 Å². The first-order chi connectivity index (χ1) is 34.7. The second kappa shape index (κ2) is 14.9. The lowest BCUT2D eigenvalue weighted by Gasteiger charge is -2.32. The van der Waals surface area contributed by atoms with Crippen LogP contribution in [0.15, 0.2) is 259 Å². The molecule has 70 heavy (non-hydrogen) atoms. The van der Waals surface area contributed by atoms with Gasteiger partial charge in [0, 0.05) is 44.5 Å². The Bertz CT molecular complexity index is 4270. The van der Waals surface area contributed by atoms with Gasteiger partial charge in [0.15, 0.2) is 0 Å². The summed E-state index contributed by atoms with van der Waals surface area (Å²) in [5.41, 5.74) is 15.1. The molecule has 0 saturated heterocycles. The van der Waals surface area contributed by atoms with Crippen molar-refractivity contribution in [3.63, 3.8) is 0 Å². The van der Waals surface area contributed by atoms with Gasteiger partial charge in [-0.05, 0) is 132 Å². The van der Waals surface area contributed by atoms with Crippen LogP contribution in [0.2, 0.25) is 0 Å². The molecule has 1 spiro atoms. The lowest BCUT2D eigenvalue weighted by molar-refractivity contribution is 0.507. The number of fused-ring (bicyclic) bond motifs is 18. The van der Waals surface area contributed by atoms with E-state index >= 15 is 0 Å². The Hall–Kier alpha value is -9.18. The number of hydrogen-bond acceptors (Lipinski definition) is 3. The number of furan rings is 1. The summed E-state index contributed by atoms with van der Waals surface area (Å²) >= 11 is 0. The molecule has 2 aliphatic carbocycles. The van der Waals surface area contributed by atoms with Crippen LogP contribution >= 0.6 is 0 Å². The monoisotopic (exact) mass is 890 g/mol. The first kappa shape index (κ1) is 38.9. The van der Waals surface area contributed by atoms with E-state index in [1.807, 2.05) is 0 Å². The molecule has 0 aliphatic heterocycles. The van der Waals surface area contributed by atoms with E-state index in [9.17, 15) is 0 Å². The highest BCUT2D eigenvalue weighted by molar-refractivity contribution is 6.16. The molecule has 3 heteroatoms. The summed E-state index contributed by atoms with van der Waals surface area (Å²) in [6, 6.07) is 93.5. The molecule has 15 rings (SSSR count). The highest BCUT2D eigenvalue weighted by Gasteiger charge is 2.55. The fourth-order valence-electron chi connectivity index (χ4n) is 12.3. The molecule has 1 unspecified atom stereocenters. The zero-order valence-electron chi connectivity index (χ0n) is 38.1. The molecule has 12 aromatic carbocycles. The smallest absolute Gasteiger partial charge is 0.135 e. The SMILES string of the molecule is c1ccc(N(c2ccc3c(c2)C2(c4ccccc4-3)c3cc(N(c4ccccc4)c4cc5ccccc5c5ccccc45)ccc3-c3c2oc2ccccc32)c2cc3ccccc3c3ccccc23)cc1. The standard InChI is InChI=1S/C67H42N2O/c1-3-21-45(22-4-1)68(62-39-43-19-7-9-25-49(43)51-27-11-13-30-55(51)62)47-35-37-54-53-29-15-17-33-59(53)67(60(54)41-47)61-42-48(36-38-57(61)65-58-32-16-18-34-64(58)70-66(65)67)69(46-23-5-2-6-24-46)63-40-44-20-8-10-26-50(44)52-28-12-14-31-56(52)63/h1-42H. The van der Waals surface area contributed by atoms with Gasteiger partial charge in [-0.3, -0.25) is 0 Å². The average Bonchev–Trinajstić information content (AvgIpc) is 4.05. The number of nitrogens with zero attached hydrogens (tertiary/aromatic N) is 2. The first-order valence-corrected chi connectivity index (χ1v) is 24.2. The van der Waals surface area contributed by atoms with Gasteiger partial charge >= 0.3 is 0 Å². The summed E-state index contributed by atoms with van der Waals surface area (Å²) in [5.74, 6) is 0.967. The van der Waals surface area contributed by atoms with Crippen molar-refractivity contribution in [2.75, 3.05) is 9.80 Å². The van der Waals surface area contributed by atoms with Crippen molar-refractivity contribution in [1.29, 1.82) is 0 Å². The predicted octanol–water partition coefficient (Wildman–Crippen LogP) is 18.3. The molecule has 0 fully saturated rings. The zero-order valence-corrected chi connectivity index (χ0v) is 38.1. The summed E-state index contributed by atoms with van der Waals surface area (Å²) in [4.78, 5) is 4.92. The van der Waals surface area contributed by atoms with Crippen LogP contribution in [0, 0.1) is 0 Å². The molecule has 0 radical (unpaired) electrons. The Kier molecular flexibility index (Phi) is 8.28. The van der Waals surface area contributed by atoms with E-state index in [1.54, 1.807) is 0 Å². The topological polar surface area (TPSA) is 19.6 Å². The van der Waals surface area contributed by atoms with E-state index in [1.165, 1.54) is 76.5 Å². The molecule has 13 aromatic rings. The van der Waals surface area contributed by atoms with Crippen LogP contribution in [0.25, 0.3) is 76.3 Å². The number of benzene rings is 12. The van der Waals surface area contributed by atoms with Crippen LogP contribution < -0.4 is 9.80 Å². The molecule has 1 aromatic heterocycles. The quantitative estimate of drug-likeness (QED) is 0.155. The second-order valence-corrected chi connectivity index (χ2v) is 18.7. The minimum Gasteiger partial charge on any atom is -0.459 e. The van der Waals surface area contributed by atoms with E-state index in [0.29, 0.717) is 0 Å². The van der Waals surface area contributed by atoms with Crippen molar-refractivity contribution < 1.29 is 4.42 Å². The minimum atomic E-state index is -0.788. The summed E-state index contributed by atoms with van der Waals surface area (Å²) in [6.07, 6.45) is 0. The number of para-hydroxylation sites is 3. The maximum absolute atomic E-state index is 7.37. The molecule has 0 N–H and O–H groups in total. The van der Waals surface area contributed by atoms with Gasteiger partial charge < -0.3 is 14.2 Å². The van der Waals surface area contributed by atoms with Gasteiger partial charge in [-0.1, -0.05) is 188 Å². The van der Waals surface area contributed by atoms with Gasteiger partial charge in [-0.25, -0.2) is 0 Å². The Morgan fingerprint density at radius 2 is 0.714 bits per heavy atom. The third-order valence-electron chi connectivity index (χ3n) is 15.2. The van der Waals surface area contributed by atoms with Crippen molar-refractivity contribution >= 4 is 88.2 Å². The van der Waals surface area contributed by atoms with Gasteiger partial charge in [-0.15, -0.1) is 0 Å². The summed E-state index contributed by atoms with van der Waals surface area (Å²) in [7, 11) is 0. The first-order valence-electron chi connectivity index (χ1n) is 24.2. The van der Waals surface area contributed by atoms with Crippen LogP contribution in [0.3, 0.4) is 0 Å². The summed E-state index contributed by atoms with van der Waals surface area (Å²) in [5, 5.41) is 10.9. The molecular formula is C67H42N2O. The van der Waals surface area contributed by atoms with Crippen LogP contribution in [0.5, 0.6) is 0 Å². The van der Waals surface area contributed by atoms with Gasteiger partial charge in [0.25, 0.3) is 0 Å². The largest absolute Gasteiger partial charge is 0.459 e. The molecule has 0 saturated carbocycles. The fraction of sp³-hybridized carbons (Fsp3) is 0.0149. The van der Waals surface area contributed by atoms with Gasteiger partial charge in [0.05, 0.1) is 11.4 Å². The van der Waals surface area contributed by atoms with Crippen LogP contribution in [0.4, 0.5) is 34.1 Å². The maximum atomic E-state index is 7.37. The maximum Gasteiger partial charge on any atom is 0.135 e. The molecule has 326 valence electrons. The lowest BCUT2D eigenvalue weighted by Crippen LogP contribution is -2.26. The fourth-order valence-corrected chi connectivity index (χ4v) is 12.3. The Morgan fingerprint density at radius 3 is 1.30 bits per heavy atom. The Labute approximate surface area is 405 Å². The number of anilines is 6. The number of rotatable bonds is 6. The molecule has 1 heterocycles. The van der Waals surface area contributed by atoms with Crippen molar-refractivity contribution in [2.24, 2.45) is 0 Å². The molecule has 2 aliphatic rings. The van der Waals surface area contributed by atoms with E-state index in [4.69, 9.17) is 4.42 Å². The highest BCUT2D eigenvalue weighted by Crippen LogP contribution is 2.66. The van der Waals surface area contributed by atoms with Gasteiger partial charge in [0.2, 0.25) is 0 Å². The Morgan fingerprint density at radius 1 is 0.286 bits per heavy atom. The molecule has 1 atom stereocenters. The van der Waals surface area contributed by atoms with E-state index in [2.05, 4.69) is 265 Å². The minimum absolute atomic E-state index is 0.788. The summed E-state index contributed by atoms with van der Waals surface area (Å²) in [6.45, 7) is 0. The molecule has 0 amide bonds. The molecule has 0 bridgehead atoms. The second-order valence-electron chi connectivity index (χ2n) is 18.7. The van der Waals surface area contributed by atoms with Gasteiger partial charge in [0.1, 0.15) is 16.8 Å². The van der Waals surface area contributed by atoms with E-state index in [-0.39, 0.29) is 0 Å². The van der Waals surface area contributed by atoms with Crippen molar-refractivity contribution in [2.45, 2.75) is 5.41 Å². The molecular weight excluding hydrogens is 849 g/mol. The average molecular weight is 891 g/mol. The third-order valence-corrected chi connectivity index (χ3v) is 15.2. The molecule has 3 nitrogen and oxygen atoms in total. The third kappa shape index (κ3) is 5.40. The predicted molar refractivity (Wildman–Crippen MR) is 292 cm³/mol. The zero-order chi connectivity index (χ0) is 45.9. The van der Waals surface area contributed by atoms with Crippen molar-refractivity contribution in [3.8, 4) is 22.3 Å². The van der Waals surface area contributed by atoms with Crippen molar-refractivity contribution in [1.82, 2.24) is 0 Å². The number of hydrogen-bond donors (Lipinski definition) is 0. The van der Waals surface area contributed by atoms with Gasteiger partial charge in [-0.2, -0.15) is 0 Å². The highest BCUT2D eigenvalue weighted by atomic mass is 16.3. The summed E-state index contributed by atoms with van der Waals surface area (Å²) < 4.78 is 7.37. The normalized spacial score (nSPS) is 14.3. The van der Waals surface area contributed by atoms with Crippen LogP contribution in [-0.2, 0) is 5.41 Å². The van der Waals surface area contributed by atoms with E-state index in [0.717, 1.165) is 56.4 Å². The Balaban J connectivity index is 1.03. The van der Waals surface area contributed by atoms with Crippen LogP contribution in [-0.4, -0.2) is 0 Å². The lowest BCUT2D eigenvalue weighted by atomic mass is 9.73. The van der Waals surface area contributed by atoms with E-state index < -0.39 is 5.41 Å². The van der Waals surface area contributed by atoms with Crippen LogP contribution in [0.1, 0.15) is 22.5 Å².